The van der Waals surface area contributed by atoms with Crippen LogP contribution in [0.25, 0.3) is 11.5 Å². The fourth-order valence-corrected chi connectivity index (χ4v) is 2.18. The Morgan fingerprint density at radius 2 is 1.91 bits per heavy atom. The number of nitrogens with zero attached hydrogens (tertiary/aromatic N) is 2. The van der Waals surface area contributed by atoms with E-state index in [4.69, 9.17) is 13.9 Å². The Bertz CT molecular complexity index is 564. The molecule has 0 bridgehead atoms. The predicted octanol–water partition coefficient (Wildman–Crippen LogP) is 3.21. The molecule has 0 saturated carbocycles. The van der Waals surface area contributed by atoms with E-state index in [0.29, 0.717) is 18.5 Å². The van der Waals surface area contributed by atoms with Crippen molar-refractivity contribution < 1.29 is 13.9 Å². The lowest BCUT2D eigenvalue weighted by Crippen LogP contribution is -2.33. The van der Waals surface area contributed by atoms with E-state index in [1.54, 1.807) is 20.5 Å². The van der Waals surface area contributed by atoms with Gasteiger partial charge in [0.05, 0.1) is 19.4 Å². The molecule has 1 aromatic carbocycles. The summed E-state index contributed by atoms with van der Waals surface area (Å²) in [5.41, 5.74) is 1.87. The Kier molecular flexibility index (Phi) is 5.98. The van der Waals surface area contributed by atoms with E-state index < -0.39 is 0 Å². The van der Waals surface area contributed by atoms with Crippen molar-refractivity contribution >= 4 is 0 Å². The molecular weight excluding hydrogens is 280 g/mol. The van der Waals surface area contributed by atoms with Crippen molar-refractivity contribution in [2.45, 2.75) is 26.4 Å². The molecule has 0 saturated heterocycles. The normalized spacial score (nSPS) is 11.4. The zero-order chi connectivity index (χ0) is 15.9. The number of methoxy groups -OCH3 is 2. The molecule has 0 aliphatic rings. The fourth-order valence-electron chi connectivity index (χ4n) is 2.18. The molecule has 0 unspecified atom stereocenters. The number of oxazole rings is 1. The molecule has 5 heteroatoms. The van der Waals surface area contributed by atoms with Gasteiger partial charge in [-0.2, -0.15) is 0 Å². The molecule has 2 rings (SSSR count). The second kappa shape index (κ2) is 7.96. The van der Waals surface area contributed by atoms with E-state index >= 15 is 0 Å². The van der Waals surface area contributed by atoms with Gasteiger partial charge in [-0.05, 0) is 38.1 Å². The highest BCUT2D eigenvalue weighted by Gasteiger charge is 2.13. The van der Waals surface area contributed by atoms with Crippen LogP contribution in [0, 0.1) is 0 Å². The van der Waals surface area contributed by atoms with Crippen molar-refractivity contribution in [2.24, 2.45) is 0 Å². The highest BCUT2D eigenvalue weighted by Crippen LogP contribution is 2.22. The van der Waals surface area contributed by atoms with Crippen molar-refractivity contribution in [3.63, 3.8) is 0 Å². The zero-order valence-electron chi connectivity index (χ0n) is 13.7. The molecule has 0 N–H and O–H groups in total. The van der Waals surface area contributed by atoms with Gasteiger partial charge < -0.3 is 13.9 Å². The summed E-state index contributed by atoms with van der Waals surface area (Å²) < 4.78 is 15.9. The van der Waals surface area contributed by atoms with Crippen LogP contribution in [0.5, 0.6) is 5.75 Å². The molecule has 0 aliphatic heterocycles. The van der Waals surface area contributed by atoms with Crippen LogP contribution in [0.1, 0.15) is 19.5 Å². The summed E-state index contributed by atoms with van der Waals surface area (Å²) in [5.74, 6) is 1.45. The summed E-state index contributed by atoms with van der Waals surface area (Å²) in [7, 11) is 3.37. The van der Waals surface area contributed by atoms with Gasteiger partial charge in [0, 0.05) is 31.8 Å². The molecule has 1 heterocycles. The number of hydrogen-bond acceptors (Lipinski definition) is 5. The van der Waals surface area contributed by atoms with Crippen LogP contribution in [0.4, 0.5) is 0 Å². The average Bonchev–Trinajstić information content (AvgIpc) is 3.00. The molecule has 5 nitrogen and oxygen atoms in total. The Morgan fingerprint density at radius 1 is 1.18 bits per heavy atom. The quantitative estimate of drug-likeness (QED) is 0.749. The number of benzene rings is 1. The molecule has 0 radical (unpaired) electrons. The maximum atomic E-state index is 5.60. The molecule has 22 heavy (non-hydrogen) atoms. The van der Waals surface area contributed by atoms with Crippen LogP contribution < -0.4 is 4.74 Å². The van der Waals surface area contributed by atoms with Crippen molar-refractivity contribution in [1.82, 2.24) is 9.88 Å². The van der Waals surface area contributed by atoms with Gasteiger partial charge in [-0.25, -0.2) is 4.98 Å². The SMILES string of the molecule is COCCN(Cc1coc(-c2ccc(OC)cc2)n1)C(C)C. The summed E-state index contributed by atoms with van der Waals surface area (Å²) >= 11 is 0. The number of aromatic nitrogens is 1. The Hall–Kier alpha value is -1.85. The summed E-state index contributed by atoms with van der Waals surface area (Å²) in [6.07, 6.45) is 1.72. The van der Waals surface area contributed by atoms with Gasteiger partial charge in [0.25, 0.3) is 0 Å². The highest BCUT2D eigenvalue weighted by atomic mass is 16.5. The van der Waals surface area contributed by atoms with Crippen LogP contribution in [0.2, 0.25) is 0 Å². The van der Waals surface area contributed by atoms with Crippen LogP contribution in [-0.4, -0.2) is 43.3 Å². The maximum absolute atomic E-state index is 5.60. The first-order valence-corrected chi connectivity index (χ1v) is 7.46. The minimum Gasteiger partial charge on any atom is -0.497 e. The predicted molar refractivity (Wildman–Crippen MR) is 85.9 cm³/mol. The van der Waals surface area contributed by atoms with E-state index in [9.17, 15) is 0 Å². The lowest BCUT2D eigenvalue weighted by molar-refractivity contribution is 0.124. The first kappa shape index (κ1) is 16.5. The Labute approximate surface area is 131 Å². The van der Waals surface area contributed by atoms with Gasteiger partial charge in [0.15, 0.2) is 0 Å². The summed E-state index contributed by atoms with van der Waals surface area (Å²) in [6, 6.07) is 8.12. The molecule has 0 atom stereocenters. The van der Waals surface area contributed by atoms with Crippen molar-refractivity contribution in [3.05, 3.63) is 36.2 Å². The van der Waals surface area contributed by atoms with Crippen LogP contribution >= 0.6 is 0 Å². The zero-order valence-corrected chi connectivity index (χ0v) is 13.7. The standard InChI is InChI=1S/C17H24N2O3/c1-13(2)19(9-10-20-3)11-15-12-22-17(18-15)14-5-7-16(21-4)8-6-14/h5-8,12-13H,9-11H2,1-4H3. The minimum absolute atomic E-state index is 0.427. The number of ether oxygens (including phenoxy) is 2. The first-order chi connectivity index (χ1) is 10.6. The van der Waals surface area contributed by atoms with E-state index in [-0.39, 0.29) is 0 Å². The molecule has 1 aromatic heterocycles. The third-order valence-electron chi connectivity index (χ3n) is 3.57. The van der Waals surface area contributed by atoms with E-state index in [1.807, 2.05) is 24.3 Å². The largest absolute Gasteiger partial charge is 0.497 e. The average molecular weight is 304 g/mol. The Morgan fingerprint density at radius 3 is 2.50 bits per heavy atom. The van der Waals surface area contributed by atoms with Gasteiger partial charge >= 0.3 is 0 Å². The molecular formula is C17H24N2O3. The second-order valence-electron chi connectivity index (χ2n) is 5.43. The Balaban J connectivity index is 2.06. The highest BCUT2D eigenvalue weighted by molar-refractivity contribution is 5.54. The van der Waals surface area contributed by atoms with Gasteiger partial charge in [0.1, 0.15) is 12.0 Å². The number of hydrogen-bond donors (Lipinski definition) is 0. The van der Waals surface area contributed by atoms with Crippen molar-refractivity contribution in [3.8, 4) is 17.2 Å². The van der Waals surface area contributed by atoms with Crippen molar-refractivity contribution in [1.29, 1.82) is 0 Å². The summed E-state index contributed by atoms with van der Waals surface area (Å²) in [4.78, 5) is 6.88. The second-order valence-corrected chi connectivity index (χ2v) is 5.43. The molecule has 0 amide bonds. The molecule has 2 aromatic rings. The lowest BCUT2D eigenvalue weighted by atomic mass is 10.2. The van der Waals surface area contributed by atoms with Gasteiger partial charge in [-0.1, -0.05) is 0 Å². The topological polar surface area (TPSA) is 47.7 Å². The van der Waals surface area contributed by atoms with Crippen molar-refractivity contribution in [2.75, 3.05) is 27.4 Å². The smallest absolute Gasteiger partial charge is 0.226 e. The molecule has 0 spiro atoms. The van der Waals surface area contributed by atoms with Gasteiger partial charge in [-0.3, -0.25) is 4.90 Å². The van der Waals surface area contributed by atoms with Crippen LogP contribution in [0.3, 0.4) is 0 Å². The van der Waals surface area contributed by atoms with E-state index in [2.05, 4.69) is 23.7 Å². The van der Waals surface area contributed by atoms with Crippen LogP contribution in [0.15, 0.2) is 34.9 Å². The van der Waals surface area contributed by atoms with Gasteiger partial charge in [0.2, 0.25) is 5.89 Å². The summed E-state index contributed by atoms with van der Waals surface area (Å²) in [5, 5.41) is 0. The maximum Gasteiger partial charge on any atom is 0.226 e. The van der Waals surface area contributed by atoms with Crippen LogP contribution in [-0.2, 0) is 11.3 Å². The fraction of sp³-hybridized carbons (Fsp3) is 0.471. The molecule has 0 aliphatic carbocycles. The monoisotopic (exact) mass is 304 g/mol. The third-order valence-corrected chi connectivity index (χ3v) is 3.57. The van der Waals surface area contributed by atoms with Gasteiger partial charge in [-0.15, -0.1) is 0 Å². The van der Waals surface area contributed by atoms with E-state index in [0.717, 1.165) is 30.1 Å². The van der Waals surface area contributed by atoms with E-state index in [1.165, 1.54) is 0 Å². The minimum atomic E-state index is 0.427. The lowest BCUT2D eigenvalue weighted by Gasteiger charge is -2.24. The summed E-state index contributed by atoms with van der Waals surface area (Å²) in [6.45, 7) is 6.67. The third kappa shape index (κ3) is 4.32. The number of rotatable bonds is 8. The molecule has 120 valence electrons. The first-order valence-electron chi connectivity index (χ1n) is 7.46. The molecule has 0 fully saturated rings.